The van der Waals surface area contributed by atoms with Crippen LogP contribution in [0.5, 0.6) is 0 Å². The van der Waals surface area contributed by atoms with Gasteiger partial charge in [-0.15, -0.1) is 10.2 Å². The van der Waals surface area contributed by atoms with Crippen LogP contribution >= 0.6 is 27.5 Å². The van der Waals surface area contributed by atoms with Crippen LogP contribution in [0.3, 0.4) is 0 Å². The fourth-order valence-electron chi connectivity index (χ4n) is 2.22. The zero-order chi connectivity index (χ0) is 14.8. The second-order valence-corrected chi connectivity index (χ2v) is 5.68. The fraction of sp³-hybridized carbons (Fsp3) is 0.125. The normalized spacial score (nSPS) is 10.8. The van der Waals surface area contributed by atoms with E-state index in [9.17, 15) is 0 Å². The lowest BCUT2D eigenvalue weighted by Crippen LogP contribution is -2.01. The van der Waals surface area contributed by atoms with Gasteiger partial charge in [0.15, 0.2) is 5.82 Å². The summed E-state index contributed by atoms with van der Waals surface area (Å²) in [6.45, 7) is 1.99. The molecule has 0 atom stereocenters. The molecule has 1 heterocycles. The molecule has 0 bridgehead atoms. The molecule has 0 saturated heterocycles. The van der Waals surface area contributed by atoms with Crippen molar-refractivity contribution in [3.05, 3.63) is 64.9 Å². The topological polar surface area (TPSA) is 30.7 Å². The maximum absolute atomic E-state index is 6.11. The van der Waals surface area contributed by atoms with Gasteiger partial charge in [-0.1, -0.05) is 45.7 Å². The Morgan fingerprint density at radius 1 is 1.10 bits per heavy atom. The molecule has 0 unspecified atom stereocenters. The first-order chi connectivity index (χ1) is 10.2. The van der Waals surface area contributed by atoms with Crippen LogP contribution in [0.15, 0.2) is 48.5 Å². The van der Waals surface area contributed by atoms with Gasteiger partial charge in [0, 0.05) is 16.3 Å². The molecule has 0 fully saturated rings. The van der Waals surface area contributed by atoms with Crippen molar-refractivity contribution in [3.8, 4) is 17.1 Å². The number of rotatable bonds is 3. The van der Waals surface area contributed by atoms with E-state index >= 15 is 0 Å². The minimum Gasteiger partial charge on any atom is -0.278 e. The van der Waals surface area contributed by atoms with E-state index in [1.165, 1.54) is 0 Å². The van der Waals surface area contributed by atoms with E-state index in [-0.39, 0.29) is 0 Å². The number of halogens is 2. The summed E-state index contributed by atoms with van der Waals surface area (Å²) in [5.41, 5.74) is 3.07. The van der Waals surface area contributed by atoms with E-state index in [1.807, 2.05) is 55.5 Å². The van der Waals surface area contributed by atoms with Crippen LogP contribution < -0.4 is 0 Å². The number of hydrogen-bond acceptors (Lipinski definition) is 2. The Bertz CT molecular complexity index is 768. The molecular weight excluding hydrogens is 350 g/mol. The van der Waals surface area contributed by atoms with Gasteiger partial charge in [0.2, 0.25) is 0 Å². The Morgan fingerprint density at radius 3 is 2.52 bits per heavy atom. The molecular formula is C16H13BrClN3. The standard InChI is InChI=1S/C16H13BrClN3/c1-11-9-12(7-8-14(11)18)16-20-19-15(10-17)21(16)13-5-3-2-4-6-13/h2-9H,10H2,1H3. The molecule has 0 radical (unpaired) electrons. The summed E-state index contributed by atoms with van der Waals surface area (Å²) in [6.07, 6.45) is 0. The molecule has 0 amide bonds. The number of hydrogen-bond donors (Lipinski definition) is 0. The second kappa shape index (κ2) is 6.00. The monoisotopic (exact) mass is 361 g/mol. The fourth-order valence-corrected chi connectivity index (χ4v) is 2.70. The predicted octanol–water partition coefficient (Wildman–Crippen LogP) is 4.79. The van der Waals surface area contributed by atoms with Gasteiger partial charge in [-0.25, -0.2) is 0 Å². The number of alkyl halides is 1. The largest absolute Gasteiger partial charge is 0.278 e. The molecule has 3 nitrogen and oxygen atoms in total. The number of para-hydroxylation sites is 1. The van der Waals surface area contributed by atoms with Gasteiger partial charge in [0.1, 0.15) is 5.82 Å². The van der Waals surface area contributed by atoms with Gasteiger partial charge in [-0.3, -0.25) is 4.57 Å². The Morgan fingerprint density at radius 2 is 1.86 bits per heavy atom. The molecule has 0 spiro atoms. The lowest BCUT2D eigenvalue weighted by atomic mass is 10.1. The van der Waals surface area contributed by atoms with Crippen molar-refractivity contribution in [1.82, 2.24) is 14.8 Å². The summed E-state index contributed by atoms with van der Waals surface area (Å²) in [7, 11) is 0. The molecule has 3 aromatic rings. The van der Waals surface area contributed by atoms with Gasteiger partial charge in [-0.2, -0.15) is 0 Å². The lowest BCUT2D eigenvalue weighted by Gasteiger charge is -2.10. The summed E-state index contributed by atoms with van der Waals surface area (Å²) in [5, 5.41) is 10.0. The maximum Gasteiger partial charge on any atom is 0.168 e. The van der Waals surface area contributed by atoms with Crippen LogP contribution in [-0.4, -0.2) is 14.8 Å². The van der Waals surface area contributed by atoms with Gasteiger partial charge in [-0.05, 0) is 42.8 Å². The molecule has 0 aliphatic rings. The third-order valence-electron chi connectivity index (χ3n) is 3.28. The molecule has 1 aromatic heterocycles. The number of nitrogens with zero attached hydrogens (tertiary/aromatic N) is 3. The minimum absolute atomic E-state index is 0.640. The molecule has 3 rings (SSSR count). The van der Waals surface area contributed by atoms with Crippen LogP contribution in [0.2, 0.25) is 5.02 Å². The molecule has 106 valence electrons. The molecule has 0 aliphatic carbocycles. The maximum atomic E-state index is 6.11. The molecule has 0 N–H and O–H groups in total. The molecule has 21 heavy (non-hydrogen) atoms. The first-order valence-corrected chi connectivity index (χ1v) is 8.03. The minimum atomic E-state index is 0.640. The van der Waals surface area contributed by atoms with Crippen molar-refractivity contribution in [2.75, 3.05) is 0 Å². The van der Waals surface area contributed by atoms with E-state index in [1.54, 1.807) is 0 Å². The number of aryl methyl sites for hydroxylation is 1. The smallest absolute Gasteiger partial charge is 0.168 e. The summed E-state index contributed by atoms with van der Waals surface area (Å²) < 4.78 is 2.05. The zero-order valence-electron chi connectivity index (χ0n) is 11.4. The molecule has 0 saturated carbocycles. The first kappa shape index (κ1) is 14.3. The third-order valence-corrected chi connectivity index (χ3v) is 4.21. The van der Waals surface area contributed by atoms with E-state index in [0.717, 1.165) is 33.5 Å². The van der Waals surface area contributed by atoms with E-state index in [4.69, 9.17) is 11.6 Å². The van der Waals surface area contributed by atoms with Crippen LogP contribution in [0.4, 0.5) is 0 Å². The van der Waals surface area contributed by atoms with Crippen molar-refractivity contribution in [2.24, 2.45) is 0 Å². The Balaban J connectivity index is 2.20. The third kappa shape index (κ3) is 2.74. The summed E-state index contributed by atoms with van der Waals surface area (Å²) in [4.78, 5) is 0. The summed E-state index contributed by atoms with van der Waals surface area (Å²) in [6, 6.07) is 16.0. The van der Waals surface area contributed by atoms with Gasteiger partial charge >= 0.3 is 0 Å². The van der Waals surface area contributed by atoms with Gasteiger partial charge in [0.25, 0.3) is 0 Å². The highest BCUT2D eigenvalue weighted by atomic mass is 79.9. The highest BCUT2D eigenvalue weighted by Crippen LogP contribution is 2.27. The Labute approximate surface area is 136 Å². The van der Waals surface area contributed by atoms with Crippen LogP contribution in [0.25, 0.3) is 17.1 Å². The highest BCUT2D eigenvalue weighted by molar-refractivity contribution is 9.08. The van der Waals surface area contributed by atoms with Crippen LogP contribution in [0, 0.1) is 6.92 Å². The Kier molecular flexibility index (Phi) is 4.08. The summed E-state index contributed by atoms with van der Waals surface area (Å²) in [5.74, 6) is 1.68. The van der Waals surface area contributed by atoms with Crippen LogP contribution in [-0.2, 0) is 5.33 Å². The molecule has 0 aliphatic heterocycles. The van der Waals surface area contributed by atoms with E-state index < -0.39 is 0 Å². The van der Waals surface area contributed by atoms with Crippen molar-refractivity contribution in [1.29, 1.82) is 0 Å². The highest BCUT2D eigenvalue weighted by Gasteiger charge is 2.15. The lowest BCUT2D eigenvalue weighted by molar-refractivity contribution is 0.962. The first-order valence-electron chi connectivity index (χ1n) is 6.53. The second-order valence-electron chi connectivity index (χ2n) is 4.71. The SMILES string of the molecule is Cc1cc(-c2nnc(CBr)n2-c2ccccc2)ccc1Cl. The van der Waals surface area contributed by atoms with Crippen molar-refractivity contribution in [2.45, 2.75) is 12.3 Å². The van der Waals surface area contributed by atoms with E-state index in [2.05, 4.69) is 30.7 Å². The number of aromatic nitrogens is 3. The summed E-state index contributed by atoms with van der Waals surface area (Å²) >= 11 is 9.58. The van der Waals surface area contributed by atoms with Crippen molar-refractivity contribution in [3.63, 3.8) is 0 Å². The van der Waals surface area contributed by atoms with E-state index in [0.29, 0.717) is 5.33 Å². The van der Waals surface area contributed by atoms with Crippen LogP contribution in [0.1, 0.15) is 11.4 Å². The van der Waals surface area contributed by atoms with Crippen molar-refractivity contribution >= 4 is 27.5 Å². The average Bonchev–Trinajstić information content (AvgIpc) is 2.95. The predicted molar refractivity (Wildman–Crippen MR) is 89.2 cm³/mol. The molecule has 5 heteroatoms. The van der Waals surface area contributed by atoms with Gasteiger partial charge in [0.05, 0.1) is 5.33 Å². The van der Waals surface area contributed by atoms with Gasteiger partial charge < -0.3 is 0 Å². The van der Waals surface area contributed by atoms with Crippen molar-refractivity contribution < 1.29 is 0 Å². The zero-order valence-corrected chi connectivity index (χ0v) is 13.8. The molecule has 2 aromatic carbocycles. The quantitative estimate of drug-likeness (QED) is 0.627. The number of benzene rings is 2. The average molecular weight is 363 g/mol. The Hall–Kier alpha value is -1.65.